The molecule has 0 rings (SSSR count). The highest BCUT2D eigenvalue weighted by molar-refractivity contribution is 5.70. The molecule has 0 spiro atoms. The number of rotatable bonds is 68. The van der Waals surface area contributed by atoms with Gasteiger partial charge in [-0.05, 0) is 109 Å². The number of esters is 2. The van der Waals surface area contributed by atoms with Crippen LogP contribution in [0.15, 0.2) is 134 Å². The third-order valence-electron chi connectivity index (χ3n) is 15.9. The fourth-order valence-corrected chi connectivity index (χ4v) is 10.3. The van der Waals surface area contributed by atoms with Crippen molar-refractivity contribution < 1.29 is 42.9 Å². The molecule has 91 heavy (non-hydrogen) atoms. The Balaban J connectivity index is 4.08. The van der Waals surface area contributed by atoms with Crippen molar-refractivity contribution in [2.24, 2.45) is 0 Å². The van der Waals surface area contributed by atoms with Crippen LogP contribution in [0.3, 0.4) is 0 Å². The molecule has 9 nitrogen and oxygen atoms in total. The van der Waals surface area contributed by atoms with E-state index in [1.54, 1.807) is 0 Å². The lowest BCUT2D eigenvalue weighted by atomic mass is 10.0. The van der Waals surface area contributed by atoms with E-state index in [0.717, 1.165) is 109 Å². The van der Waals surface area contributed by atoms with E-state index in [2.05, 4.69) is 148 Å². The zero-order valence-corrected chi connectivity index (χ0v) is 59.4. The van der Waals surface area contributed by atoms with E-state index < -0.39 is 24.3 Å². The van der Waals surface area contributed by atoms with Crippen LogP contribution in [0.4, 0.5) is 0 Å². The maximum Gasteiger partial charge on any atom is 0.306 e. The fraction of sp³-hybridized carbons (Fsp3) is 0.695. The SMILES string of the molecule is CC/C=C\C/C=C\C/C=C\C/C=C\C/C=C\C/C=C\C/C=C\CCCCCCCCCCCCCCCCCC(=O)OC(COC(=O)CCCCCCCCCCCCCCCCCC/C=C\C/C=C\C/C=C\C/C=C\CC)COC(OCC[N+](C)(C)C)C(=O)[O-]. The summed E-state index contributed by atoms with van der Waals surface area (Å²) in [5.41, 5.74) is 0. The number of unbranched alkanes of at least 4 members (excludes halogenated alkanes) is 31. The standard InChI is InChI=1S/C82H139NO8/c1-6-8-10-12-14-16-18-20-22-24-26-28-30-32-34-36-37-38-39-40-41-42-43-45-47-49-51-53-55-57-59-61-63-65-67-69-71-73-80(85)91-78(77-90-82(81(86)87)88-75-74-83(3,4)5)76-89-79(84)72-70-68-66-64-62-60-58-56-54-52-50-48-46-44-35-33-31-29-27-25-23-21-19-17-15-13-11-9-7-2/h8-11,14-17,20-23,26-29,32,34,37-38,40-41,78,82H,6-7,12-13,18-19,24-25,30-31,33,35-36,39,42-77H2,1-5H3/b10-8-,11-9-,16-14-,17-15-,22-20-,23-21-,28-26-,29-27-,34-32-,38-37-,41-40-. The van der Waals surface area contributed by atoms with Gasteiger partial charge in [0, 0.05) is 12.8 Å². The molecule has 0 radical (unpaired) electrons. The lowest BCUT2D eigenvalue weighted by Crippen LogP contribution is -2.44. The van der Waals surface area contributed by atoms with Crippen LogP contribution < -0.4 is 5.11 Å². The second-order valence-corrected chi connectivity index (χ2v) is 25.8. The van der Waals surface area contributed by atoms with Crippen molar-refractivity contribution in [1.29, 1.82) is 0 Å². The molecule has 0 aliphatic carbocycles. The average Bonchev–Trinajstić information content (AvgIpc) is 3.50. The number of hydrogen-bond donors (Lipinski definition) is 0. The summed E-state index contributed by atoms with van der Waals surface area (Å²) in [5, 5.41) is 11.8. The summed E-state index contributed by atoms with van der Waals surface area (Å²) in [4.78, 5) is 37.6. The van der Waals surface area contributed by atoms with E-state index in [1.165, 1.54) is 167 Å². The maximum absolute atomic E-state index is 13.0. The predicted octanol–water partition coefficient (Wildman–Crippen LogP) is 22.4. The Bertz CT molecular complexity index is 1960. The summed E-state index contributed by atoms with van der Waals surface area (Å²) in [6, 6.07) is 0. The van der Waals surface area contributed by atoms with E-state index in [9.17, 15) is 19.5 Å². The summed E-state index contributed by atoms with van der Waals surface area (Å²) in [5.74, 6) is -2.28. The molecule has 520 valence electrons. The van der Waals surface area contributed by atoms with Crippen LogP contribution in [0.5, 0.6) is 0 Å². The highest BCUT2D eigenvalue weighted by Gasteiger charge is 2.22. The van der Waals surface area contributed by atoms with Gasteiger partial charge in [-0.3, -0.25) is 9.59 Å². The van der Waals surface area contributed by atoms with E-state index >= 15 is 0 Å². The second kappa shape index (κ2) is 71.3. The molecule has 0 aromatic carbocycles. The van der Waals surface area contributed by atoms with Gasteiger partial charge in [0.25, 0.3) is 0 Å². The Labute approximate surface area is 560 Å². The maximum atomic E-state index is 13.0. The molecule has 9 heteroatoms. The van der Waals surface area contributed by atoms with Crippen LogP contribution in [0, 0.1) is 0 Å². The minimum atomic E-state index is -1.63. The molecule has 0 fully saturated rings. The summed E-state index contributed by atoms with van der Waals surface area (Å²) < 4.78 is 22.8. The van der Waals surface area contributed by atoms with Crippen LogP contribution in [-0.2, 0) is 33.3 Å². The predicted molar refractivity (Wildman–Crippen MR) is 389 cm³/mol. The molecular formula is C82H139NO8. The number of carbonyl (C=O) groups excluding carboxylic acids is 3. The molecular weight excluding hydrogens is 1130 g/mol. The number of quaternary nitrogens is 1. The lowest BCUT2D eigenvalue weighted by molar-refractivity contribution is -0.870. The molecule has 0 saturated heterocycles. The van der Waals surface area contributed by atoms with E-state index in [4.69, 9.17) is 18.9 Å². The quantitative estimate of drug-likeness (QED) is 0.0195. The van der Waals surface area contributed by atoms with Crippen molar-refractivity contribution in [1.82, 2.24) is 0 Å². The Hall–Kier alpha value is -4.57. The number of allylic oxidation sites excluding steroid dienone is 22. The fourth-order valence-electron chi connectivity index (χ4n) is 10.3. The van der Waals surface area contributed by atoms with Crippen LogP contribution >= 0.6 is 0 Å². The van der Waals surface area contributed by atoms with Crippen molar-refractivity contribution >= 4 is 17.9 Å². The molecule has 2 unspecified atom stereocenters. The van der Waals surface area contributed by atoms with Gasteiger partial charge in [-0.25, -0.2) is 0 Å². The number of nitrogens with zero attached hydrogens (tertiary/aromatic N) is 1. The molecule has 0 aromatic rings. The topological polar surface area (TPSA) is 111 Å². The number of carboxylic acid groups (broad SMARTS) is 1. The smallest absolute Gasteiger partial charge is 0.306 e. The van der Waals surface area contributed by atoms with Crippen LogP contribution in [0.2, 0.25) is 0 Å². The zero-order chi connectivity index (χ0) is 66.1. The Morgan fingerprint density at radius 1 is 0.330 bits per heavy atom. The third kappa shape index (κ3) is 72.7. The van der Waals surface area contributed by atoms with Gasteiger partial charge >= 0.3 is 11.9 Å². The Morgan fingerprint density at radius 3 is 0.879 bits per heavy atom. The van der Waals surface area contributed by atoms with Crippen molar-refractivity contribution in [2.45, 2.75) is 322 Å². The minimum absolute atomic E-state index is 0.144. The van der Waals surface area contributed by atoms with Crippen LogP contribution in [0.25, 0.3) is 0 Å². The summed E-state index contributed by atoms with van der Waals surface area (Å²) >= 11 is 0. The Morgan fingerprint density at radius 2 is 0.593 bits per heavy atom. The summed E-state index contributed by atoms with van der Waals surface area (Å²) in [6.45, 7) is 4.54. The van der Waals surface area contributed by atoms with Gasteiger partial charge in [0.15, 0.2) is 12.4 Å². The first kappa shape index (κ1) is 86.4. The molecule has 0 aliphatic heterocycles. The average molecular weight is 1270 g/mol. The molecule has 0 aromatic heterocycles. The first-order chi connectivity index (χ1) is 44.6. The number of carbonyl (C=O) groups is 3. The number of hydrogen-bond acceptors (Lipinski definition) is 8. The van der Waals surface area contributed by atoms with Crippen molar-refractivity contribution in [3.8, 4) is 0 Å². The highest BCUT2D eigenvalue weighted by Crippen LogP contribution is 2.18. The van der Waals surface area contributed by atoms with Gasteiger partial charge in [-0.2, -0.15) is 0 Å². The molecule has 0 heterocycles. The molecule has 0 aliphatic rings. The van der Waals surface area contributed by atoms with E-state index in [0.29, 0.717) is 17.4 Å². The molecule has 0 bridgehead atoms. The monoisotopic (exact) mass is 1270 g/mol. The Kier molecular flexibility index (Phi) is 67.7. The van der Waals surface area contributed by atoms with E-state index in [1.807, 2.05) is 21.1 Å². The highest BCUT2D eigenvalue weighted by atomic mass is 16.7. The van der Waals surface area contributed by atoms with Gasteiger partial charge in [0.05, 0.1) is 40.3 Å². The molecule has 2 atom stereocenters. The largest absolute Gasteiger partial charge is 0.545 e. The molecule has 0 N–H and O–H groups in total. The number of aliphatic carboxylic acids is 1. The summed E-state index contributed by atoms with van der Waals surface area (Å²) in [6.07, 6.45) is 99.7. The molecule has 0 saturated carbocycles. The number of carboxylic acids is 1. The van der Waals surface area contributed by atoms with Crippen molar-refractivity contribution in [3.05, 3.63) is 134 Å². The van der Waals surface area contributed by atoms with Gasteiger partial charge < -0.3 is 33.3 Å². The zero-order valence-electron chi connectivity index (χ0n) is 59.4. The van der Waals surface area contributed by atoms with Gasteiger partial charge in [-0.15, -0.1) is 0 Å². The van der Waals surface area contributed by atoms with Gasteiger partial charge in [-0.1, -0.05) is 321 Å². The molecule has 0 amide bonds. The van der Waals surface area contributed by atoms with Crippen LogP contribution in [-0.4, -0.2) is 82.3 Å². The summed E-state index contributed by atoms with van der Waals surface area (Å²) in [7, 11) is 5.93. The first-order valence-corrected chi connectivity index (χ1v) is 37.3. The van der Waals surface area contributed by atoms with Gasteiger partial charge in [0.1, 0.15) is 13.2 Å². The third-order valence-corrected chi connectivity index (χ3v) is 15.9. The van der Waals surface area contributed by atoms with Crippen molar-refractivity contribution in [2.75, 3.05) is 47.5 Å². The minimum Gasteiger partial charge on any atom is -0.545 e. The first-order valence-electron chi connectivity index (χ1n) is 37.3. The van der Waals surface area contributed by atoms with Crippen molar-refractivity contribution in [3.63, 3.8) is 0 Å². The van der Waals surface area contributed by atoms with Crippen LogP contribution in [0.1, 0.15) is 309 Å². The van der Waals surface area contributed by atoms with E-state index in [-0.39, 0.29) is 38.6 Å². The normalized spacial score (nSPS) is 13.5. The van der Waals surface area contributed by atoms with Gasteiger partial charge in [0.2, 0.25) is 0 Å². The second-order valence-electron chi connectivity index (χ2n) is 25.8. The number of ether oxygens (including phenoxy) is 4. The lowest BCUT2D eigenvalue weighted by Gasteiger charge is -2.26. The number of likely N-dealkylation sites (N-methyl/N-ethyl adjacent to an activating group) is 1.